The largest absolute Gasteiger partial charge is 0.371 e. The zero-order chi connectivity index (χ0) is 32.9. The van der Waals surface area contributed by atoms with Crippen molar-refractivity contribution in [3.05, 3.63) is 112 Å². The Balaban J connectivity index is 1.38. The minimum atomic E-state index is -1.46. The molecule has 2 aromatic carbocycles. The Labute approximate surface area is 274 Å². The first-order valence-electron chi connectivity index (χ1n) is 15.3. The van der Waals surface area contributed by atoms with Gasteiger partial charge in [-0.25, -0.2) is 9.97 Å². The number of ether oxygens (including phenoxy) is 1. The minimum Gasteiger partial charge on any atom is -0.371 e. The van der Waals surface area contributed by atoms with Gasteiger partial charge in [0.1, 0.15) is 5.65 Å². The third-order valence-corrected chi connectivity index (χ3v) is 9.22. The first-order valence-corrected chi connectivity index (χ1v) is 16.6. The van der Waals surface area contributed by atoms with Gasteiger partial charge in [-0.15, -0.1) is 0 Å². The van der Waals surface area contributed by atoms with Crippen molar-refractivity contribution in [1.29, 1.82) is 0 Å². The van der Waals surface area contributed by atoms with Crippen molar-refractivity contribution in [2.45, 2.75) is 17.7 Å². The summed E-state index contributed by atoms with van der Waals surface area (Å²) < 4.78 is 20.6. The molecule has 0 spiro atoms. The molecule has 0 radical (unpaired) electrons. The van der Waals surface area contributed by atoms with Gasteiger partial charge in [-0.2, -0.15) is 4.98 Å². The molecule has 0 aliphatic carbocycles. The van der Waals surface area contributed by atoms with Crippen LogP contribution in [0.25, 0.3) is 11.0 Å². The van der Waals surface area contributed by atoms with Crippen molar-refractivity contribution < 1.29 is 13.7 Å². The van der Waals surface area contributed by atoms with E-state index in [0.717, 1.165) is 24.3 Å². The van der Waals surface area contributed by atoms with Crippen molar-refractivity contribution in [2.24, 2.45) is 0 Å². The second-order valence-electron chi connectivity index (χ2n) is 11.6. The van der Waals surface area contributed by atoms with Crippen molar-refractivity contribution in [3.8, 4) is 0 Å². The Kier molecular flexibility index (Phi) is 9.87. The third-order valence-electron chi connectivity index (χ3n) is 7.90. The van der Waals surface area contributed by atoms with E-state index in [1.165, 1.54) is 23.0 Å². The lowest BCUT2D eigenvalue weighted by molar-refractivity contribution is -0.0208. The van der Waals surface area contributed by atoms with Gasteiger partial charge in [0, 0.05) is 60.6 Å². The number of carbonyl (C=O) groups is 1. The predicted molar refractivity (Wildman–Crippen MR) is 181 cm³/mol. The van der Waals surface area contributed by atoms with E-state index in [1.54, 1.807) is 36.5 Å². The summed E-state index contributed by atoms with van der Waals surface area (Å²) in [5.74, 6) is 0.193. The summed E-state index contributed by atoms with van der Waals surface area (Å²) in [6.07, 6.45) is 4.56. The molecule has 0 saturated carbocycles. The van der Waals surface area contributed by atoms with Gasteiger partial charge in [0.15, 0.2) is 10.8 Å². The molecule has 1 saturated heterocycles. The zero-order valence-electron chi connectivity index (χ0n) is 26.5. The van der Waals surface area contributed by atoms with Crippen LogP contribution in [-0.2, 0) is 22.1 Å². The van der Waals surface area contributed by atoms with Crippen LogP contribution in [0.15, 0.2) is 89.1 Å². The number of rotatable bonds is 11. The first kappa shape index (κ1) is 32.3. The molecule has 242 valence electrons. The van der Waals surface area contributed by atoms with E-state index in [-0.39, 0.29) is 29.2 Å². The molecule has 47 heavy (non-hydrogen) atoms. The van der Waals surface area contributed by atoms with E-state index in [2.05, 4.69) is 32.2 Å². The summed E-state index contributed by atoms with van der Waals surface area (Å²) in [5.41, 5.74) is 2.29. The fourth-order valence-electron chi connectivity index (χ4n) is 5.33. The van der Waals surface area contributed by atoms with E-state index in [9.17, 15) is 13.8 Å². The fourth-order valence-corrected chi connectivity index (χ4v) is 6.61. The highest BCUT2D eigenvalue weighted by atomic mass is 32.2. The molecular formula is C34H36N8O4S. The highest BCUT2D eigenvalue weighted by molar-refractivity contribution is 7.85. The lowest BCUT2D eigenvalue weighted by atomic mass is 10.0. The van der Waals surface area contributed by atoms with Crippen LogP contribution in [0.1, 0.15) is 33.3 Å². The number of hydrogen-bond donors (Lipinski definition) is 1. The van der Waals surface area contributed by atoms with Gasteiger partial charge < -0.3 is 19.9 Å². The number of nitrogens with zero attached hydrogens (tertiary/aromatic N) is 7. The maximum Gasteiger partial charge on any atom is 0.263 e. The number of aromatic nitrogens is 5. The summed E-state index contributed by atoms with van der Waals surface area (Å²) in [6.45, 7) is 2.91. The number of morpholine rings is 1. The van der Waals surface area contributed by atoms with Gasteiger partial charge in [0.2, 0.25) is 5.95 Å². The topological polar surface area (TPSA) is 135 Å². The number of nitrogens with one attached hydrogen (secondary N) is 1. The average Bonchev–Trinajstić information content (AvgIpc) is 3.09. The number of pyridine rings is 1. The number of hydrogen-bond acceptors (Lipinski definition) is 11. The van der Waals surface area contributed by atoms with Gasteiger partial charge in [-0.1, -0.05) is 42.5 Å². The number of carbonyl (C=O) groups excluding carboxylic acids is 1. The Morgan fingerprint density at radius 2 is 1.83 bits per heavy atom. The van der Waals surface area contributed by atoms with Gasteiger partial charge in [-0.3, -0.25) is 23.3 Å². The second-order valence-corrected chi connectivity index (χ2v) is 13.1. The molecule has 5 aromatic rings. The fraction of sp³-hybridized carbons (Fsp3) is 0.294. The van der Waals surface area contributed by atoms with Crippen LogP contribution in [0.2, 0.25) is 0 Å². The molecule has 1 aliphatic heterocycles. The van der Waals surface area contributed by atoms with Crippen molar-refractivity contribution in [3.63, 3.8) is 0 Å². The molecule has 0 amide bonds. The van der Waals surface area contributed by atoms with Crippen LogP contribution in [0.3, 0.4) is 0 Å². The van der Waals surface area contributed by atoms with Gasteiger partial charge in [0.25, 0.3) is 5.56 Å². The number of likely N-dealkylation sites (N-methyl/N-ethyl adjacent to an activating group) is 1. The quantitative estimate of drug-likeness (QED) is 0.211. The van der Waals surface area contributed by atoms with Crippen LogP contribution >= 0.6 is 0 Å². The zero-order valence-corrected chi connectivity index (χ0v) is 27.3. The summed E-state index contributed by atoms with van der Waals surface area (Å²) >= 11 is 0. The minimum absolute atomic E-state index is 0.00475. The van der Waals surface area contributed by atoms with Crippen LogP contribution in [0.4, 0.5) is 11.6 Å². The number of ketones is 1. The smallest absolute Gasteiger partial charge is 0.263 e. The van der Waals surface area contributed by atoms with Crippen molar-refractivity contribution in [2.75, 3.05) is 58.5 Å². The highest BCUT2D eigenvalue weighted by Crippen LogP contribution is 2.25. The predicted octanol–water partition coefficient (Wildman–Crippen LogP) is 3.28. The van der Waals surface area contributed by atoms with Crippen LogP contribution in [-0.4, -0.2) is 97.4 Å². The number of benzene rings is 2. The van der Waals surface area contributed by atoms with Crippen LogP contribution < -0.4 is 10.9 Å². The summed E-state index contributed by atoms with van der Waals surface area (Å²) in [4.78, 5) is 49.9. The number of anilines is 2. The van der Waals surface area contributed by atoms with Gasteiger partial charge in [0.05, 0.1) is 41.3 Å². The van der Waals surface area contributed by atoms with E-state index < -0.39 is 22.1 Å². The van der Waals surface area contributed by atoms with Gasteiger partial charge >= 0.3 is 0 Å². The maximum absolute atomic E-state index is 14.1. The van der Waals surface area contributed by atoms with Crippen LogP contribution in [0.5, 0.6) is 0 Å². The van der Waals surface area contributed by atoms with Crippen LogP contribution in [0, 0.1) is 0 Å². The van der Waals surface area contributed by atoms with Gasteiger partial charge in [-0.05, 0) is 44.9 Å². The molecule has 1 N–H and O–H groups in total. The molecule has 6 rings (SSSR count). The van der Waals surface area contributed by atoms with E-state index in [1.807, 2.05) is 43.3 Å². The Bertz CT molecular complexity index is 1970. The molecule has 0 bridgehead atoms. The second kappa shape index (κ2) is 14.4. The van der Waals surface area contributed by atoms with E-state index in [4.69, 9.17) is 9.72 Å². The van der Waals surface area contributed by atoms with Crippen molar-refractivity contribution in [1.82, 2.24) is 34.3 Å². The molecule has 3 aromatic heterocycles. The lowest BCUT2D eigenvalue weighted by Gasteiger charge is -2.30. The summed E-state index contributed by atoms with van der Waals surface area (Å²) in [5, 5.41) is 4.00. The standard InChI is InChI=1S/C34H36N8O4S/c1-40(2)16-18-47(45)32-28(35-13-14-36-32)21-42-31-25(19-27(33(42)44)30(43)24-7-5-4-6-8-24)20-37-34(39-31)38-26-11-9-23(10-12-26)29-22-41(3)15-17-46-29/h4-14,19-20,29H,15-18,21-22H2,1-3H3,(H,37,38,39). The highest BCUT2D eigenvalue weighted by Gasteiger charge is 2.22. The lowest BCUT2D eigenvalue weighted by Crippen LogP contribution is -2.35. The summed E-state index contributed by atoms with van der Waals surface area (Å²) in [6, 6.07) is 18.0. The average molecular weight is 653 g/mol. The first-order chi connectivity index (χ1) is 22.8. The van der Waals surface area contributed by atoms with Crippen molar-refractivity contribution >= 4 is 39.3 Å². The molecule has 13 heteroatoms. The Hall–Kier alpha value is -4.69. The molecule has 2 atom stereocenters. The Morgan fingerprint density at radius 3 is 2.57 bits per heavy atom. The summed E-state index contributed by atoms with van der Waals surface area (Å²) in [7, 11) is 4.42. The molecule has 2 unspecified atom stereocenters. The molecule has 12 nitrogen and oxygen atoms in total. The monoisotopic (exact) mass is 652 g/mol. The molecule has 1 fully saturated rings. The third kappa shape index (κ3) is 7.49. The molecule has 4 heterocycles. The SMILES string of the molecule is CN(C)CCS(=O)c1nccnc1Cn1c(=O)c(C(=O)c2ccccc2)cc2cnc(Nc3ccc(C4CN(C)CCO4)cc3)nc21. The normalized spacial score (nSPS) is 16.0. The maximum atomic E-state index is 14.1. The molecule has 1 aliphatic rings. The van der Waals surface area contributed by atoms with E-state index >= 15 is 0 Å². The number of fused-ring (bicyclic) bond motifs is 1. The Morgan fingerprint density at radius 1 is 1.06 bits per heavy atom. The van der Waals surface area contributed by atoms with E-state index in [0.29, 0.717) is 41.2 Å². The molecular weight excluding hydrogens is 616 g/mol.